The molecular formula is C20H20ClN5O. The number of nitrogens with one attached hydrogen (secondary N) is 2. The highest BCUT2D eigenvalue weighted by Gasteiger charge is 2.09. The number of aryl methyl sites for hydroxylation is 1. The van der Waals surface area contributed by atoms with E-state index in [1.165, 1.54) is 0 Å². The van der Waals surface area contributed by atoms with E-state index in [1.54, 1.807) is 12.1 Å². The Hall–Kier alpha value is -3.12. The average Bonchev–Trinajstić information content (AvgIpc) is 2.66. The van der Waals surface area contributed by atoms with Crippen molar-refractivity contribution in [2.24, 2.45) is 0 Å². The number of benzene rings is 2. The normalized spacial score (nSPS) is 10.4. The highest BCUT2D eigenvalue weighted by molar-refractivity contribution is 6.31. The molecule has 27 heavy (non-hydrogen) atoms. The van der Waals surface area contributed by atoms with Crippen LogP contribution in [-0.4, -0.2) is 30.2 Å². The number of aromatic nitrogens is 2. The van der Waals surface area contributed by atoms with E-state index < -0.39 is 0 Å². The fourth-order valence-corrected chi connectivity index (χ4v) is 2.56. The maximum atomic E-state index is 12.3. The summed E-state index contributed by atoms with van der Waals surface area (Å²) in [5.41, 5.74) is 3.79. The van der Waals surface area contributed by atoms with Crippen LogP contribution in [0.4, 0.5) is 22.9 Å². The minimum absolute atomic E-state index is 0.235. The van der Waals surface area contributed by atoms with Gasteiger partial charge < -0.3 is 15.5 Å². The van der Waals surface area contributed by atoms with Gasteiger partial charge in [-0.05, 0) is 61.0 Å². The summed E-state index contributed by atoms with van der Waals surface area (Å²) >= 11 is 6.12. The quantitative estimate of drug-likeness (QED) is 0.680. The zero-order valence-electron chi connectivity index (χ0n) is 15.3. The fourth-order valence-electron chi connectivity index (χ4n) is 2.38. The molecule has 0 saturated heterocycles. The Kier molecular flexibility index (Phi) is 5.57. The summed E-state index contributed by atoms with van der Waals surface area (Å²) in [6.07, 6.45) is 0. The smallest absolute Gasteiger partial charge is 0.276 e. The third-order valence-electron chi connectivity index (χ3n) is 3.98. The minimum atomic E-state index is -0.315. The Morgan fingerprint density at radius 1 is 0.963 bits per heavy atom. The molecule has 138 valence electrons. The van der Waals surface area contributed by atoms with Gasteiger partial charge in [0, 0.05) is 36.2 Å². The van der Waals surface area contributed by atoms with E-state index in [0.717, 1.165) is 16.9 Å². The molecule has 1 heterocycles. The summed E-state index contributed by atoms with van der Waals surface area (Å²) in [5.74, 6) is 0.215. The summed E-state index contributed by atoms with van der Waals surface area (Å²) in [7, 11) is 3.92. The molecule has 0 atom stereocenters. The minimum Gasteiger partial charge on any atom is -0.378 e. The number of halogens is 1. The van der Waals surface area contributed by atoms with Gasteiger partial charge in [-0.1, -0.05) is 17.7 Å². The molecule has 3 rings (SSSR count). The van der Waals surface area contributed by atoms with Gasteiger partial charge in [-0.15, -0.1) is 10.2 Å². The number of amides is 1. The molecule has 0 aliphatic heterocycles. The van der Waals surface area contributed by atoms with Crippen LogP contribution in [0.25, 0.3) is 0 Å². The standard InChI is InChI=1S/C20H20ClN5O/c1-13-4-5-15(12-17(13)21)22-19-11-10-18(24-25-19)20(27)23-14-6-8-16(9-7-14)26(2)3/h4-12H,1-3H3,(H,22,25)(H,23,27). The maximum absolute atomic E-state index is 12.3. The first-order chi connectivity index (χ1) is 12.9. The molecule has 2 aromatic carbocycles. The zero-order chi connectivity index (χ0) is 19.4. The van der Waals surface area contributed by atoms with E-state index in [-0.39, 0.29) is 11.6 Å². The molecule has 0 aliphatic rings. The number of carbonyl (C=O) groups is 1. The molecule has 0 saturated carbocycles. The SMILES string of the molecule is Cc1ccc(Nc2ccc(C(=O)Nc3ccc(N(C)C)cc3)nn2)cc1Cl. The lowest BCUT2D eigenvalue weighted by molar-refractivity contribution is 0.102. The first-order valence-corrected chi connectivity index (χ1v) is 8.76. The average molecular weight is 382 g/mol. The van der Waals surface area contributed by atoms with Gasteiger partial charge >= 0.3 is 0 Å². The van der Waals surface area contributed by atoms with Gasteiger partial charge in [-0.25, -0.2) is 0 Å². The molecule has 6 nitrogen and oxygen atoms in total. The van der Waals surface area contributed by atoms with Crippen LogP contribution in [0.2, 0.25) is 5.02 Å². The number of rotatable bonds is 5. The first-order valence-electron chi connectivity index (χ1n) is 8.38. The van der Waals surface area contributed by atoms with E-state index >= 15 is 0 Å². The largest absolute Gasteiger partial charge is 0.378 e. The summed E-state index contributed by atoms with van der Waals surface area (Å²) in [6.45, 7) is 1.94. The molecule has 1 aromatic heterocycles. The molecule has 0 unspecified atom stereocenters. The van der Waals surface area contributed by atoms with Gasteiger partial charge in [0.25, 0.3) is 5.91 Å². The second-order valence-corrected chi connectivity index (χ2v) is 6.70. The van der Waals surface area contributed by atoms with Gasteiger partial charge in [0.1, 0.15) is 0 Å². The topological polar surface area (TPSA) is 70.2 Å². The van der Waals surface area contributed by atoms with Crippen LogP contribution in [0.3, 0.4) is 0 Å². The predicted octanol–water partition coefficient (Wildman–Crippen LogP) is 4.50. The molecule has 0 aliphatic carbocycles. The predicted molar refractivity (Wildman–Crippen MR) is 110 cm³/mol. The molecule has 0 spiro atoms. The van der Waals surface area contributed by atoms with Gasteiger partial charge in [0.2, 0.25) is 0 Å². The summed E-state index contributed by atoms with van der Waals surface area (Å²) in [4.78, 5) is 14.3. The molecule has 2 N–H and O–H groups in total. The van der Waals surface area contributed by atoms with Crippen molar-refractivity contribution in [3.63, 3.8) is 0 Å². The molecule has 1 amide bonds. The number of carbonyl (C=O) groups excluding carboxylic acids is 1. The summed E-state index contributed by atoms with van der Waals surface area (Å²) in [6, 6.07) is 16.5. The van der Waals surface area contributed by atoms with Crippen LogP contribution < -0.4 is 15.5 Å². The molecular weight excluding hydrogens is 362 g/mol. The van der Waals surface area contributed by atoms with Gasteiger partial charge in [-0.2, -0.15) is 0 Å². The van der Waals surface area contributed by atoms with Crippen molar-refractivity contribution in [1.82, 2.24) is 10.2 Å². The van der Waals surface area contributed by atoms with Crippen molar-refractivity contribution >= 4 is 40.4 Å². The van der Waals surface area contributed by atoms with E-state index in [4.69, 9.17) is 11.6 Å². The Bertz CT molecular complexity index is 940. The van der Waals surface area contributed by atoms with Crippen molar-refractivity contribution in [3.8, 4) is 0 Å². The summed E-state index contributed by atoms with van der Waals surface area (Å²) in [5, 5.41) is 14.6. The molecule has 7 heteroatoms. The summed E-state index contributed by atoms with van der Waals surface area (Å²) < 4.78 is 0. The number of hydrogen-bond donors (Lipinski definition) is 2. The van der Waals surface area contributed by atoms with Crippen LogP contribution in [0.15, 0.2) is 54.6 Å². The highest BCUT2D eigenvalue weighted by atomic mass is 35.5. The van der Waals surface area contributed by atoms with E-state index in [9.17, 15) is 4.79 Å². The third-order valence-corrected chi connectivity index (χ3v) is 4.39. The van der Waals surface area contributed by atoms with Crippen LogP contribution in [0, 0.1) is 6.92 Å². The van der Waals surface area contributed by atoms with Crippen LogP contribution in [0.1, 0.15) is 16.1 Å². The lowest BCUT2D eigenvalue weighted by Crippen LogP contribution is -2.15. The number of anilines is 4. The fraction of sp³-hybridized carbons (Fsp3) is 0.150. The van der Waals surface area contributed by atoms with Crippen LogP contribution >= 0.6 is 11.6 Å². The lowest BCUT2D eigenvalue weighted by Gasteiger charge is -2.13. The monoisotopic (exact) mass is 381 g/mol. The molecule has 3 aromatic rings. The first kappa shape index (κ1) is 18.7. The molecule has 0 bridgehead atoms. The van der Waals surface area contributed by atoms with E-state index in [0.29, 0.717) is 16.5 Å². The van der Waals surface area contributed by atoms with Crippen molar-refractivity contribution < 1.29 is 4.79 Å². The van der Waals surface area contributed by atoms with Crippen LogP contribution in [0.5, 0.6) is 0 Å². The Labute approximate surface area is 163 Å². The van der Waals surface area contributed by atoms with Crippen molar-refractivity contribution in [2.45, 2.75) is 6.92 Å². The van der Waals surface area contributed by atoms with Gasteiger partial charge in [0.15, 0.2) is 11.5 Å². The van der Waals surface area contributed by atoms with Crippen molar-refractivity contribution in [2.75, 3.05) is 29.6 Å². The Balaban J connectivity index is 1.65. The lowest BCUT2D eigenvalue weighted by atomic mass is 10.2. The second kappa shape index (κ2) is 8.05. The van der Waals surface area contributed by atoms with Crippen molar-refractivity contribution in [1.29, 1.82) is 0 Å². The number of hydrogen-bond acceptors (Lipinski definition) is 5. The van der Waals surface area contributed by atoms with Gasteiger partial charge in [0.05, 0.1) is 0 Å². The zero-order valence-corrected chi connectivity index (χ0v) is 16.1. The van der Waals surface area contributed by atoms with E-state index in [2.05, 4.69) is 20.8 Å². The Morgan fingerprint density at radius 2 is 1.67 bits per heavy atom. The van der Waals surface area contributed by atoms with Crippen molar-refractivity contribution in [3.05, 3.63) is 70.9 Å². The Morgan fingerprint density at radius 3 is 2.26 bits per heavy atom. The van der Waals surface area contributed by atoms with E-state index in [1.807, 2.05) is 68.4 Å². The molecule has 0 radical (unpaired) electrons. The third kappa shape index (κ3) is 4.74. The molecule has 0 fully saturated rings. The number of nitrogens with zero attached hydrogens (tertiary/aromatic N) is 3. The second-order valence-electron chi connectivity index (χ2n) is 6.29. The maximum Gasteiger partial charge on any atom is 0.276 e. The van der Waals surface area contributed by atoms with Crippen LogP contribution in [-0.2, 0) is 0 Å². The van der Waals surface area contributed by atoms with Gasteiger partial charge in [-0.3, -0.25) is 4.79 Å². The highest BCUT2D eigenvalue weighted by Crippen LogP contribution is 2.22.